The summed E-state index contributed by atoms with van der Waals surface area (Å²) in [5.74, 6) is 1.03. The molecule has 0 saturated heterocycles. The fraction of sp³-hybridized carbons (Fsp3) is 0.158. The molecule has 0 aliphatic heterocycles. The Morgan fingerprint density at radius 2 is 1.96 bits per heavy atom. The Kier molecular flexibility index (Phi) is 5.76. The van der Waals surface area contributed by atoms with Crippen molar-refractivity contribution in [2.24, 2.45) is 0 Å². The summed E-state index contributed by atoms with van der Waals surface area (Å²) in [6, 6.07) is 16.3. The molecule has 3 rings (SSSR count). The number of hydrogen-bond acceptors (Lipinski definition) is 4. The van der Waals surface area contributed by atoms with Crippen molar-refractivity contribution in [1.82, 2.24) is 15.5 Å². The highest BCUT2D eigenvalue weighted by Crippen LogP contribution is 2.25. The molecule has 26 heavy (non-hydrogen) atoms. The van der Waals surface area contributed by atoms with Crippen LogP contribution in [0, 0.1) is 0 Å². The van der Waals surface area contributed by atoms with Crippen LogP contribution in [0.2, 0.25) is 5.02 Å². The third-order valence-corrected chi connectivity index (χ3v) is 3.89. The molecule has 0 radical (unpaired) electrons. The molecule has 0 bridgehead atoms. The lowest BCUT2D eigenvalue weighted by Crippen LogP contribution is -2.28. The third-order valence-electron chi connectivity index (χ3n) is 3.66. The highest BCUT2D eigenvalue weighted by Gasteiger charge is 2.11. The molecule has 0 spiro atoms. The van der Waals surface area contributed by atoms with Crippen molar-refractivity contribution < 1.29 is 14.3 Å². The number of carbonyl (C=O) groups excluding carboxylic acids is 1. The Hall–Kier alpha value is -2.99. The van der Waals surface area contributed by atoms with Crippen LogP contribution in [-0.2, 0) is 0 Å². The van der Waals surface area contributed by atoms with Crippen LogP contribution in [0.4, 0.5) is 0 Å². The van der Waals surface area contributed by atoms with Crippen LogP contribution in [0.1, 0.15) is 10.5 Å². The predicted molar refractivity (Wildman–Crippen MR) is 99.9 cm³/mol. The van der Waals surface area contributed by atoms with E-state index in [9.17, 15) is 4.79 Å². The fourth-order valence-corrected chi connectivity index (χ4v) is 2.58. The SMILES string of the molecule is COc1ccccc1OCCNC(=O)c1cc(-c2cccc(Cl)c2)n[nH]1. The minimum absolute atomic E-state index is 0.255. The Morgan fingerprint density at radius 1 is 1.15 bits per heavy atom. The number of halogens is 1. The molecule has 0 fully saturated rings. The van der Waals surface area contributed by atoms with Crippen LogP contribution in [0.25, 0.3) is 11.3 Å². The number of hydrogen-bond donors (Lipinski definition) is 2. The molecule has 0 atom stereocenters. The molecule has 0 aliphatic carbocycles. The first-order valence-electron chi connectivity index (χ1n) is 8.03. The molecular formula is C19H18ClN3O3. The zero-order valence-electron chi connectivity index (χ0n) is 14.2. The van der Waals surface area contributed by atoms with Gasteiger partial charge in [0.15, 0.2) is 11.5 Å². The number of nitrogens with one attached hydrogen (secondary N) is 2. The van der Waals surface area contributed by atoms with Crippen LogP contribution in [0.5, 0.6) is 11.5 Å². The van der Waals surface area contributed by atoms with Gasteiger partial charge in [-0.15, -0.1) is 0 Å². The summed E-state index contributed by atoms with van der Waals surface area (Å²) in [6.07, 6.45) is 0. The number of methoxy groups -OCH3 is 1. The number of aromatic amines is 1. The predicted octanol–water partition coefficient (Wildman–Crippen LogP) is 3.55. The first-order chi connectivity index (χ1) is 12.7. The van der Waals surface area contributed by atoms with Crippen molar-refractivity contribution in [3.63, 3.8) is 0 Å². The largest absolute Gasteiger partial charge is 0.493 e. The second-order valence-corrected chi connectivity index (χ2v) is 5.87. The maximum Gasteiger partial charge on any atom is 0.269 e. The van der Waals surface area contributed by atoms with Gasteiger partial charge in [-0.25, -0.2) is 0 Å². The van der Waals surface area contributed by atoms with E-state index in [1.807, 2.05) is 36.4 Å². The summed E-state index contributed by atoms with van der Waals surface area (Å²) < 4.78 is 10.8. The molecule has 6 nitrogen and oxygen atoms in total. The Bertz CT molecular complexity index is 895. The van der Waals surface area contributed by atoms with Gasteiger partial charge in [-0.05, 0) is 30.3 Å². The summed E-state index contributed by atoms with van der Waals surface area (Å²) in [7, 11) is 1.58. The Balaban J connectivity index is 1.53. The average Bonchev–Trinajstić information content (AvgIpc) is 3.16. The van der Waals surface area contributed by atoms with Gasteiger partial charge in [0.2, 0.25) is 0 Å². The van der Waals surface area contributed by atoms with E-state index in [1.54, 1.807) is 25.3 Å². The Labute approximate surface area is 156 Å². The molecule has 1 heterocycles. The van der Waals surface area contributed by atoms with Gasteiger partial charge in [0, 0.05) is 10.6 Å². The second-order valence-electron chi connectivity index (χ2n) is 5.43. The first kappa shape index (κ1) is 17.8. The molecule has 3 aromatic rings. The molecule has 0 unspecified atom stereocenters. The zero-order chi connectivity index (χ0) is 18.4. The number of amides is 1. The van der Waals surface area contributed by atoms with E-state index >= 15 is 0 Å². The van der Waals surface area contributed by atoms with Crippen LogP contribution in [-0.4, -0.2) is 36.4 Å². The van der Waals surface area contributed by atoms with Gasteiger partial charge in [0.1, 0.15) is 12.3 Å². The van der Waals surface area contributed by atoms with Crippen LogP contribution >= 0.6 is 11.6 Å². The fourth-order valence-electron chi connectivity index (χ4n) is 2.39. The van der Waals surface area contributed by atoms with E-state index in [4.69, 9.17) is 21.1 Å². The van der Waals surface area contributed by atoms with E-state index in [-0.39, 0.29) is 5.91 Å². The van der Waals surface area contributed by atoms with Crippen LogP contribution < -0.4 is 14.8 Å². The molecule has 1 aromatic heterocycles. The quantitative estimate of drug-likeness (QED) is 0.623. The smallest absolute Gasteiger partial charge is 0.269 e. The van der Waals surface area contributed by atoms with E-state index < -0.39 is 0 Å². The molecular weight excluding hydrogens is 354 g/mol. The summed E-state index contributed by atoms with van der Waals surface area (Å²) >= 11 is 5.98. The molecule has 2 aromatic carbocycles. The maximum absolute atomic E-state index is 12.2. The van der Waals surface area contributed by atoms with Crippen molar-refractivity contribution in [3.05, 3.63) is 65.3 Å². The van der Waals surface area contributed by atoms with E-state index in [0.717, 1.165) is 5.56 Å². The molecule has 0 saturated carbocycles. The van der Waals surface area contributed by atoms with Gasteiger partial charge in [-0.1, -0.05) is 35.9 Å². The van der Waals surface area contributed by atoms with Crippen molar-refractivity contribution in [2.75, 3.05) is 20.3 Å². The number of aromatic nitrogens is 2. The van der Waals surface area contributed by atoms with Gasteiger partial charge < -0.3 is 14.8 Å². The second kappa shape index (κ2) is 8.40. The monoisotopic (exact) mass is 371 g/mol. The normalized spacial score (nSPS) is 10.4. The topological polar surface area (TPSA) is 76.2 Å². The van der Waals surface area contributed by atoms with Gasteiger partial charge in [0.05, 0.1) is 19.3 Å². The van der Waals surface area contributed by atoms with E-state index in [1.165, 1.54) is 0 Å². The van der Waals surface area contributed by atoms with Crippen molar-refractivity contribution >= 4 is 17.5 Å². The van der Waals surface area contributed by atoms with Gasteiger partial charge >= 0.3 is 0 Å². The van der Waals surface area contributed by atoms with Gasteiger partial charge in [-0.3, -0.25) is 9.89 Å². The number of rotatable bonds is 7. The number of benzene rings is 2. The zero-order valence-corrected chi connectivity index (χ0v) is 14.9. The summed E-state index contributed by atoms with van der Waals surface area (Å²) in [5.41, 5.74) is 1.87. The summed E-state index contributed by atoms with van der Waals surface area (Å²) in [6.45, 7) is 0.670. The van der Waals surface area contributed by atoms with Crippen molar-refractivity contribution in [1.29, 1.82) is 0 Å². The van der Waals surface area contributed by atoms with Crippen molar-refractivity contribution in [2.45, 2.75) is 0 Å². The number of nitrogens with zero attached hydrogens (tertiary/aromatic N) is 1. The molecule has 2 N–H and O–H groups in total. The number of H-pyrrole nitrogens is 1. The molecule has 0 aliphatic rings. The first-order valence-corrected chi connectivity index (χ1v) is 8.40. The van der Waals surface area contributed by atoms with Gasteiger partial charge in [-0.2, -0.15) is 5.10 Å². The third kappa shape index (κ3) is 4.34. The summed E-state index contributed by atoms with van der Waals surface area (Å²) in [5, 5.41) is 10.3. The van der Waals surface area contributed by atoms with Crippen LogP contribution in [0.15, 0.2) is 54.6 Å². The lowest BCUT2D eigenvalue weighted by molar-refractivity contribution is 0.0942. The molecule has 1 amide bonds. The van der Waals surface area contributed by atoms with Gasteiger partial charge in [0.25, 0.3) is 5.91 Å². The lowest BCUT2D eigenvalue weighted by Gasteiger charge is -2.10. The average molecular weight is 372 g/mol. The number of para-hydroxylation sites is 2. The Morgan fingerprint density at radius 3 is 2.73 bits per heavy atom. The van der Waals surface area contributed by atoms with Crippen LogP contribution in [0.3, 0.4) is 0 Å². The minimum atomic E-state index is -0.255. The van der Waals surface area contributed by atoms with Crippen molar-refractivity contribution in [3.8, 4) is 22.8 Å². The van der Waals surface area contributed by atoms with E-state index in [2.05, 4.69) is 15.5 Å². The number of ether oxygens (including phenoxy) is 2. The highest BCUT2D eigenvalue weighted by atomic mass is 35.5. The standard InChI is InChI=1S/C19H18ClN3O3/c1-25-17-7-2-3-8-18(17)26-10-9-21-19(24)16-12-15(22-23-16)13-5-4-6-14(20)11-13/h2-8,11-12H,9-10H2,1H3,(H,21,24)(H,22,23). The minimum Gasteiger partial charge on any atom is -0.493 e. The number of carbonyl (C=O) groups is 1. The maximum atomic E-state index is 12.2. The molecule has 134 valence electrons. The lowest BCUT2D eigenvalue weighted by atomic mass is 10.1. The van der Waals surface area contributed by atoms with E-state index in [0.29, 0.717) is 41.1 Å². The highest BCUT2D eigenvalue weighted by molar-refractivity contribution is 6.30. The summed E-state index contributed by atoms with van der Waals surface area (Å²) in [4.78, 5) is 12.2. The molecule has 7 heteroatoms.